The first-order valence-electron chi connectivity index (χ1n) is 20.7. The van der Waals surface area contributed by atoms with Crippen LogP contribution in [-0.2, 0) is 42.9 Å². The molecule has 0 aliphatic rings. The fourth-order valence-corrected chi connectivity index (χ4v) is 8.10. The molecule has 0 radical (unpaired) electrons. The van der Waals surface area contributed by atoms with Crippen LogP contribution in [0.15, 0.2) is 170 Å². The zero-order chi connectivity index (χ0) is 40.7. The third-order valence-corrected chi connectivity index (χ3v) is 10.8. The summed E-state index contributed by atoms with van der Waals surface area (Å²) >= 11 is 0. The Balaban J connectivity index is 1.13. The Morgan fingerprint density at radius 3 is 1.66 bits per heavy atom. The average Bonchev–Trinajstić information content (AvgIpc) is 3.87. The van der Waals surface area contributed by atoms with Crippen molar-refractivity contribution in [3.8, 4) is 22.5 Å². The van der Waals surface area contributed by atoms with E-state index in [9.17, 15) is 0 Å². The molecule has 8 aromatic rings. The summed E-state index contributed by atoms with van der Waals surface area (Å²) in [7, 11) is 0. The summed E-state index contributed by atoms with van der Waals surface area (Å²) in [4.78, 5) is 1.79. The molecule has 0 atom stereocenters. The second kappa shape index (κ2) is 17.6. The van der Waals surface area contributed by atoms with Gasteiger partial charge in [-0.3, -0.25) is 4.68 Å². The van der Waals surface area contributed by atoms with E-state index in [1.165, 1.54) is 22.4 Å². The molecule has 6 aromatic carbocycles. The van der Waals surface area contributed by atoms with Gasteiger partial charge < -0.3 is 4.74 Å². The number of ether oxygens (including phenoxy) is 1. The van der Waals surface area contributed by atoms with Crippen molar-refractivity contribution in [3.63, 3.8) is 0 Å². The molecular formula is C52H52N6O. The quantitative estimate of drug-likeness (QED) is 0.0970. The van der Waals surface area contributed by atoms with Gasteiger partial charge in [0, 0.05) is 24.1 Å². The van der Waals surface area contributed by atoms with Gasteiger partial charge in [0.15, 0.2) is 5.54 Å². The van der Waals surface area contributed by atoms with E-state index >= 15 is 0 Å². The fourth-order valence-electron chi connectivity index (χ4n) is 8.10. The van der Waals surface area contributed by atoms with Crippen molar-refractivity contribution < 1.29 is 4.74 Å². The molecule has 0 amide bonds. The van der Waals surface area contributed by atoms with Crippen LogP contribution in [0.2, 0.25) is 0 Å². The first-order chi connectivity index (χ1) is 28.8. The molecule has 0 aliphatic carbocycles. The maximum atomic E-state index is 6.38. The minimum Gasteiger partial charge on any atom is -0.370 e. The lowest BCUT2D eigenvalue weighted by molar-refractivity contribution is 0.0990. The molecule has 0 spiro atoms. The van der Waals surface area contributed by atoms with Crippen molar-refractivity contribution in [2.24, 2.45) is 5.41 Å². The van der Waals surface area contributed by atoms with E-state index in [4.69, 9.17) is 25.2 Å². The lowest BCUT2D eigenvalue weighted by Gasteiger charge is -2.34. The van der Waals surface area contributed by atoms with Crippen molar-refractivity contribution in [3.05, 3.63) is 215 Å². The number of hydrogen-bond donors (Lipinski definition) is 0. The van der Waals surface area contributed by atoms with Crippen molar-refractivity contribution in [2.45, 2.75) is 72.3 Å². The fraction of sp³-hybridized carbons (Fsp3) is 0.231. The van der Waals surface area contributed by atoms with Gasteiger partial charge in [0.05, 0.1) is 24.6 Å². The molecule has 7 heteroatoms. The molecule has 59 heavy (non-hydrogen) atoms. The molecule has 7 nitrogen and oxygen atoms in total. The highest BCUT2D eigenvalue weighted by Gasteiger charge is 2.41. The highest BCUT2D eigenvalue weighted by molar-refractivity contribution is 5.80. The van der Waals surface area contributed by atoms with E-state index in [-0.39, 0.29) is 5.41 Å². The topological polar surface area (TPSA) is 70.7 Å². The summed E-state index contributed by atoms with van der Waals surface area (Å²) in [6, 6.07) is 59.0. The van der Waals surface area contributed by atoms with Crippen LogP contribution in [0.25, 0.3) is 22.5 Å². The number of tetrazole rings is 1. The van der Waals surface area contributed by atoms with Gasteiger partial charge in [-0.15, -0.1) is 15.0 Å². The van der Waals surface area contributed by atoms with E-state index in [2.05, 4.69) is 172 Å². The Labute approximate surface area is 348 Å². The largest absolute Gasteiger partial charge is 0.370 e. The SMILES string of the molecule is CCCc1nn(CC(C)(C)C)c(COCc2ccccc2)c1Cc1ccc(-c2ccccc2-c2nnn(C(c3ccccc3)(c3ccccc3)c3ccccc3)n2)cc1. The highest BCUT2D eigenvalue weighted by Crippen LogP contribution is 2.40. The molecule has 2 aromatic heterocycles. The summed E-state index contributed by atoms with van der Waals surface area (Å²) in [5.41, 5.74) is 11.4. The summed E-state index contributed by atoms with van der Waals surface area (Å²) in [5.74, 6) is 0.562. The molecule has 0 N–H and O–H groups in total. The van der Waals surface area contributed by atoms with Gasteiger partial charge in [-0.05, 0) is 56.0 Å². The van der Waals surface area contributed by atoms with E-state index < -0.39 is 5.54 Å². The molecule has 296 valence electrons. The van der Waals surface area contributed by atoms with Crippen molar-refractivity contribution in [1.82, 2.24) is 30.0 Å². The first kappa shape index (κ1) is 39.4. The van der Waals surface area contributed by atoms with E-state index in [0.29, 0.717) is 19.0 Å². The minimum absolute atomic E-state index is 0.0718. The predicted octanol–water partition coefficient (Wildman–Crippen LogP) is 11.3. The van der Waals surface area contributed by atoms with Crippen molar-refractivity contribution in [2.75, 3.05) is 0 Å². The molecule has 0 fully saturated rings. The maximum absolute atomic E-state index is 6.38. The molecule has 0 bridgehead atoms. The number of rotatable bonds is 15. The zero-order valence-corrected chi connectivity index (χ0v) is 34.5. The number of nitrogens with zero attached hydrogens (tertiary/aromatic N) is 6. The Morgan fingerprint density at radius 1 is 0.559 bits per heavy atom. The van der Waals surface area contributed by atoms with Crippen LogP contribution >= 0.6 is 0 Å². The van der Waals surface area contributed by atoms with Gasteiger partial charge in [-0.2, -0.15) is 5.10 Å². The number of aryl methyl sites for hydroxylation is 1. The van der Waals surface area contributed by atoms with E-state index in [0.717, 1.165) is 64.9 Å². The molecule has 0 aliphatic heterocycles. The van der Waals surface area contributed by atoms with E-state index in [1.54, 1.807) is 4.80 Å². The van der Waals surface area contributed by atoms with Gasteiger partial charge >= 0.3 is 0 Å². The van der Waals surface area contributed by atoms with Crippen LogP contribution in [-0.4, -0.2) is 30.0 Å². The number of aromatic nitrogens is 6. The summed E-state index contributed by atoms with van der Waals surface area (Å²) in [6.07, 6.45) is 2.74. The minimum atomic E-state index is -0.853. The molecular weight excluding hydrogens is 725 g/mol. The van der Waals surface area contributed by atoms with E-state index in [1.807, 2.05) is 30.3 Å². The van der Waals surface area contributed by atoms with Crippen molar-refractivity contribution >= 4 is 0 Å². The highest BCUT2D eigenvalue weighted by atomic mass is 16.5. The normalized spacial score (nSPS) is 11.9. The Morgan fingerprint density at radius 2 is 1.10 bits per heavy atom. The average molecular weight is 777 g/mol. The molecule has 0 saturated heterocycles. The number of hydrogen-bond acceptors (Lipinski definition) is 5. The smallest absolute Gasteiger partial charge is 0.205 e. The zero-order valence-electron chi connectivity index (χ0n) is 34.5. The predicted molar refractivity (Wildman–Crippen MR) is 237 cm³/mol. The Bertz CT molecular complexity index is 2460. The van der Waals surface area contributed by atoms with Crippen LogP contribution in [0.3, 0.4) is 0 Å². The van der Waals surface area contributed by atoms with Gasteiger partial charge in [0.25, 0.3) is 0 Å². The second-order valence-electron chi connectivity index (χ2n) is 16.4. The monoisotopic (exact) mass is 776 g/mol. The lowest BCUT2D eigenvalue weighted by atomic mass is 9.77. The van der Waals surface area contributed by atoms with Crippen LogP contribution < -0.4 is 0 Å². The van der Waals surface area contributed by atoms with Crippen LogP contribution in [0.5, 0.6) is 0 Å². The third-order valence-electron chi connectivity index (χ3n) is 10.8. The van der Waals surface area contributed by atoms with Crippen LogP contribution in [0.1, 0.15) is 78.9 Å². The molecule has 0 saturated carbocycles. The van der Waals surface area contributed by atoms with Gasteiger partial charge in [0.2, 0.25) is 5.82 Å². The molecule has 8 rings (SSSR count). The molecule has 0 unspecified atom stereocenters. The van der Waals surface area contributed by atoms with Gasteiger partial charge in [0.1, 0.15) is 0 Å². The standard InChI is InChI=1S/C52H52N6O/c1-5-20-48-47(49(57(54-48)38-51(2,3)4)37-59-36-40-21-10-6-11-22-40)35-39-31-33-41(34-32-39)45-29-18-19-30-46(45)50-53-56-58(55-50)52(42-23-12-7-13-24-42,43-25-14-8-15-26-43)44-27-16-9-17-28-44/h6-19,21-34H,5,20,35-38H2,1-4H3. The Kier molecular flexibility index (Phi) is 11.7. The van der Waals surface area contributed by atoms with Gasteiger partial charge in [-0.25, -0.2) is 0 Å². The summed E-state index contributed by atoms with van der Waals surface area (Å²) in [6.45, 7) is 10.9. The molecule has 2 heterocycles. The third kappa shape index (κ3) is 8.57. The summed E-state index contributed by atoms with van der Waals surface area (Å²) in [5, 5.41) is 20.0. The second-order valence-corrected chi connectivity index (χ2v) is 16.4. The van der Waals surface area contributed by atoms with Crippen LogP contribution in [0, 0.1) is 5.41 Å². The Hall–Kier alpha value is -6.44. The lowest BCUT2D eigenvalue weighted by Crippen LogP contribution is -2.39. The maximum Gasteiger partial charge on any atom is 0.205 e. The van der Waals surface area contributed by atoms with Crippen molar-refractivity contribution in [1.29, 1.82) is 0 Å². The van der Waals surface area contributed by atoms with Crippen LogP contribution in [0.4, 0.5) is 0 Å². The number of benzene rings is 6. The summed E-state index contributed by atoms with van der Waals surface area (Å²) < 4.78 is 8.59. The first-order valence-corrected chi connectivity index (χ1v) is 20.7. The van der Waals surface area contributed by atoms with Gasteiger partial charge in [-0.1, -0.05) is 204 Å².